The third-order valence-corrected chi connectivity index (χ3v) is 2.23. The fourth-order valence-corrected chi connectivity index (χ4v) is 1.57. The lowest BCUT2D eigenvalue weighted by atomic mass is 10.2. The van der Waals surface area contributed by atoms with Crippen LogP contribution in [0.15, 0.2) is 16.6 Å². The van der Waals surface area contributed by atoms with E-state index in [-0.39, 0.29) is 12.4 Å². The van der Waals surface area contributed by atoms with Crippen LogP contribution >= 0.6 is 28.3 Å². The van der Waals surface area contributed by atoms with Crippen molar-refractivity contribution in [2.24, 2.45) is 5.73 Å². The van der Waals surface area contributed by atoms with E-state index in [0.29, 0.717) is 6.54 Å². The van der Waals surface area contributed by atoms with Gasteiger partial charge in [0.2, 0.25) is 0 Å². The first-order valence-corrected chi connectivity index (χ1v) is 4.62. The normalized spacial score (nSPS) is 9.14. The molecule has 0 radical (unpaired) electrons. The molecule has 2 N–H and O–H groups in total. The molecule has 0 bridgehead atoms. The molecule has 1 aromatic carbocycles. The number of benzene rings is 1. The van der Waals surface area contributed by atoms with E-state index in [9.17, 15) is 0 Å². The van der Waals surface area contributed by atoms with Crippen molar-refractivity contribution in [2.45, 2.75) is 6.54 Å². The number of halogens is 2. The zero-order valence-corrected chi connectivity index (χ0v) is 10.4. The van der Waals surface area contributed by atoms with E-state index in [4.69, 9.17) is 15.2 Å². The molecule has 1 aromatic rings. The number of methoxy groups -OCH3 is 2. The minimum atomic E-state index is 0. The molecular formula is C9H13BrClNO2. The molecule has 1 rings (SSSR count). The first-order chi connectivity index (χ1) is 6.22. The van der Waals surface area contributed by atoms with Gasteiger partial charge in [0, 0.05) is 16.6 Å². The van der Waals surface area contributed by atoms with Crippen LogP contribution in [0.1, 0.15) is 5.56 Å². The molecular weight excluding hydrogens is 269 g/mol. The smallest absolute Gasteiger partial charge is 0.128 e. The molecule has 0 aliphatic carbocycles. The van der Waals surface area contributed by atoms with Crippen LogP contribution in [0.25, 0.3) is 0 Å². The van der Waals surface area contributed by atoms with Crippen LogP contribution < -0.4 is 15.2 Å². The van der Waals surface area contributed by atoms with Gasteiger partial charge in [-0.25, -0.2) is 0 Å². The van der Waals surface area contributed by atoms with Crippen molar-refractivity contribution in [3.05, 3.63) is 22.2 Å². The van der Waals surface area contributed by atoms with Crippen molar-refractivity contribution in [3.63, 3.8) is 0 Å². The van der Waals surface area contributed by atoms with Crippen molar-refractivity contribution in [2.75, 3.05) is 14.2 Å². The molecule has 0 saturated heterocycles. The summed E-state index contributed by atoms with van der Waals surface area (Å²) >= 11 is 3.36. The average molecular weight is 283 g/mol. The van der Waals surface area contributed by atoms with Crippen LogP contribution in [0.5, 0.6) is 11.5 Å². The lowest BCUT2D eigenvalue weighted by Gasteiger charge is -2.11. The Morgan fingerprint density at radius 1 is 1.21 bits per heavy atom. The minimum absolute atomic E-state index is 0. The summed E-state index contributed by atoms with van der Waals surface area (Å²) in [5.74, 6) is 1.49. The lowest BCUT2D eigenvalue weighted by Crippen LogP contribution is -2.02. The number of nitrogens with two attached hydrogens (primary N) is 1. The van der Waals surface area contributed by atoms with Gasteiger partial charge in [-0.05, 0) is 12.1 Å². The molecule has 0 aliphatic rings. The maximum atomic E-state index is 5.58. The zero-order valence-electron chi connectivity index (χ0n) is 8.04. The molecule has 0 saturated carbocycles. The number of rotatable bonds is 3. The molecule has 0 unspecified atom stereocenters. The Balaban J connectivity index is 0.00000169. The Hall–Kier alpha value is -0.450. The highest BCUT2D eigenvalue weighted by molar-refractivity contribution is 9.10. The van der Waals surface area contributed by atoms with Crippen molar-refractivity contribution in [3.8, 4) is 11.5 Å². The Morgan fingerprint density at radius 2 is 1.64 bits per heavy atom. The highest BCUT2D eigenvalue weighted by Gasteiger charge is 2.09. The average Bonchev–Trinajstić information content (AvgIpc) is 2.16. The second-order valence-corrected chi connectivity index (χ2v) is 3.41. The SMILES string of the molecule is COc1cc(Br)cc(OC)c1CN.Cl. The van der Waals surface area contributed by atoms with Crippen LogP contribution in [0.3, 0.4) is 0 Å². The molecule has 0 heterocycles. The monoisotopic (exact) mass is 281 g/mol. The van der Waals surface area contributed by atoms with Crippen molar-refractivity contribution < 1.29 is 9.47 Å². The molecule has 0 atom stereocenters. The molecule has 0 amide bonds. The summed E-state index contributed by atoms with van der Waals surface area (Å²) in [6.45, 7) is 0.402. The van der Waals surface area contributed by atoms with Gasteiger partial charge in [0.1, 0.15) is 11.5 Å². The van der Waals surface area contributed by atoms with Gasteiger partial charge in [0.25, 0.3) is 0 Å². The first-order valence-electron chi connectivity index (χ1n) is 3.83. The van der Waals surface area contributed by atoms with E-state index in [2.05, 4.69) is 15.9 Å². The number of hydrogen-bond donors (Lipinski definition) is 1. The van der Waals surface area contributed by atoms with Crippen molar-refractivity contribution >= 4 is 28.3 Å². The van der Waals surface area contributed by atoms with Gasteiger partial charge in [-0.1, -0.05) is 15.9 Å². The van der Waals surface area contributed by atoms with E-state index < -0.39 is 0 Å². The zero-order chi connectivity index (χ0) is 9.84. The van der Waals surface area contributed by atoms with Gasteiger partial charge in [-0.2, -0.15) is 0 Å². The second kappa shape index (κ2) is 6.11. The van der Waals surface area contributed by atoms with Crippen LogP contribution in [0.2, 0.25) is 0 Å². The summed E-state index contributed by atoms with van der Waals surface area (Å²) in [4.78, 5) is 0. The first kappa shape index (κ1) is 13.5. The topological polar surface area (TPSA) is 44.5 Å². The summed E-state index contributed by atoms with van der Waals surface area (Å²) < 4.78 is 11.3. The predicted octanol–water partition coefficient (Wildman–Crippen LogP) is 2.35. The third-order valence-electron chi connectivity index (χ3n) is 1.78. The van der Waals surface area contributed by atoms with E-state index in [1.54, 1.807) is 14.2 Å². The minimum Gasteiger partial charge on any atom is -0.496 e. The van der Waals surface area contributed by atoms with Crippen molar-refractivity contribution in [1.82, 2.24) is 0 Å². The quantitative estimate of drug-likeness (QED) is 0.925. The Labute approximate surface area is 98.1 Å². The largest absolute Gasteiger partial charge is 0.496 e. The maximum Gasteiger partial charge on any atom is 0.128 e. The van der Waals surface area contributed by atoms with E-state index in [1.807, 2.05) is 12.1 Å². The molecule has 14 heavy (non-hydrogen) atoms. The highest BCUT2D eigenvalue weighted by Crippen LogP contribution is 2.32. The fraction of sp³-hybridized carbons (Fsp3) is 0.333. The summed E-state index contributed by atoms with van der Waals surface area (Å²) in [5, 5.41) is 0. The van der Waals surface area contributed by atoms with Gasteiger partial charge in [-0.15, -0.1) is 12.4 Å². The summed E-state index contributed by atoms with van der Waals surface area (Å²) in [5.41, 5.74) is 6.46. The van der Waals surface area contributed by atoms with Crippen LogP contribution in [0, 0.1) is 0 Å². The molecule has 0 aliphatic heterocycles. The second-order valence-electron chi connectivity index (χ2n) is 2.49. The highest BCUT2D eigenvalue weighted by atomic mass is 79.9. The lowest BCUT2D eigenvalue weighted by molar-refractivity contribution is 0.385. The third kappa shape index (κ3) is 2.77. The summed E-state index contributed by atoms with van der Waals surface area (Å²) in [6, 6.07) is 3.73. The molecule has 0 spiro atoms. The predicted molar refractivity (Wildman–Crippen MR) is 62.4 cm³/mol. The number of ether oxygens (including phenoxy) is 2. The Bertz CT molecular complexity index is 282. The van der Waals surface area contributed by atoms with Gasteiger partial charge in [0.15, 0.2) is 0 Å². The Morgan fingerprint density at radius 3 is 1.93 bits per heavy atom. The van der Waals surface area contributed by atoms with E-state index in [1.165, 1.54) is 0 Å². The molecule has 5 heteroatoms. The van der Waals surface area contributed by atoms with E-state index in [0.717, 1.165) is 21.5 Å². The summed E-state index contributed by atoms with van der Waals surface area (Å²) in [7, 11) is 3.22. The molecule has 0 aromatic heterocycles. The Kier molecular flexibility index (Phi) is 5.92. The summed E-state index contributed by atoms with van der Waals surface area (Å²) in [6.07, 6.45) is 0. The van der Waals surface area contributed by atoms with Crippen LogP contribution in [0.4, 0.5) is 0 Å². The molecule has 0 fully saturated rings. The molecule has 80 valence electrons. The van der Waals surface area contributed by atoms with Gasteiger partial charge in [0.05, 0.1) is 14.2 Å². The van der Waals surface area contributed by atoms with E-state index >= 15 is 0 Å². The van der Waals surface area contributed by atoms with Gasteiger partial charge >= 0.3 is 0 Å². The van der Waals surface area contributed by atoms with Crippen molar-refractivity contribution in [1.29, 1.82) is 0 Å². The van der Waals surface area contributed by atoms with Gasteiger partial charge < -0.3 is 15.2 Å². The van der Waals surface area contributed by atoms with Gasteiger partial charge in [-0.3, -0.25) is 0 Å². The van der Waals surface area contributed by atoms with Crippen LogP contribution in [-0.2, 0) is 6.54 Å². The standard InChI is InChI=1S/C9H12BrNO2.ClH/c1-12-8-3-6(10)4-9(13-2)7(8)5-11;/h3-4H,5,11H2,1-2H3;1H. The molecule has 3 nitrogen and oxygen atoms in total. The maximum absolute atomic E-state index is 5.58. The fourth-order valence-electron chi connectivity index (χ4n) is 1.15. The van der Waals surface area contributed by atoms with Crippen LogP contribution in [-0.4, -0.2) is 14.2 Å². The number of hydrogen-bond acceptors (Lipinski definition) is 3.